The summed E-state index contributed by atoms with van der Waals surface area (Å²) in [6.07, 6.45) is 3.46. The van der Waals surface area contributed by atoms with Crippen LogP contribution in [0.4, 0.5) is 10.2 Å². The molecule has 0 bridgehead atoms. The van der Waals surface area contributed by atoms with E-state index in [2.05, 4.69) is 25.3 Å². The van der Waals surface area contributed by atoms with Crippen LogP contribution in [0.5, 0.6) is 0 Å². The summed E-state index contributed by atoms with van der Waals surface area (Å²) in [7, 11) is 0. The summed E-state index contributed by atoms with van der Waals surface area (Å²) in [6.45, 7) is 1.94. The van der Waals surface area contributed by atoms with Crippen LogP contribution >= 0.6 is 23.2 Å². The fourth-order valence-electron chi connectivity index (χ4n) is 3.69. The van der Waals surface area contributed by atoms with Gasteiger partial charge in [-0.25, -0.2) is 24.3 Å². The van der Waals surface area contributed by atoms with Crippen LogP contribution in [0.15, 0.2) is 53.8 Å². The molecular formula is C22H16Cl2FN7O. The van der Waals surface area contributed by atoms with E-state index in [0.29, 0.717) is 50.5 Å². The molecule has 5 aromatic rings. The molecule has 3 aromatic heterocycles. The van der Waals surface area contributed by atoms with Crippen molar-refractivity contribution in [1.82, 2.24) is 29.5 Å². The zero-order chi connectivity index (χ0) is 23.1. The van der Waals surface area contributed by atoms with E-state index < -0.39 is 17.4 Å². The number of hydrogen-bond acceptors (Lipinski definition) is 6. The number of fused-ring (bicyclic) bond motifs is 2. The highest BCUT2D eigenvalue weighted by Gasteiger charge is 2.23. The van der Waals surface area contributed by atoms with E-state index in [4.69, 9.17) is 28.2 Å². The molecular weight excluding hydrogens is 468 g/mol. The van der Waals surface area contributed by atoms with Gasteiger partial charge in [-0.1, -0.05) is 30.1 Å². The van der Waals surface area contributed by atoms with Crippen molar-refractivity contribution in [2.75, 3.05) is 5.32 Å². The Balaban J connectivity index is 1.76. The molecule has 0 spiro atoms. The maximum atomic E-state index is 14.0. The summed E-state index contributed by atoms with van der Waals surface area (Å²) in [5.74, 6) is 0.337. The zero-order valence-corrected chi connectivity index (χ0v) is 18.7. The summed E-state index contributed by atoms with van der Waals surface area (Å²) in [5, 5.41) is 4.14. The number of halogens is 3. The molecule has 0 saturated heterocycles. The molecule has 0 fully saturated rings. The Hall–Kier alpha value is -3.56. The monoisotopic (exact) mass is 483 g/mol. The summed E-state index contributed by atoms with van der Waals surface area (Å²) in [5.41, 5.74) is 1.36. The van der Waals surface area contributed by atoms with Crippen LogP contribution in [0.3, 0.4) is 0 Å². The average molecular weight is 484 g/mol. The summed E-state index contributed by atoms with van der Waals surface area (Å²) in [4.78, 5) is 33.9. The quantitative estimate of drug-likeness (QED) is 0.362. The first-order chi connectivity index (χ1) is 16.0. The molecule has 2 aromatic carbocycles. The molecule has 1 atom stereocenters. The van der Waals surface area contributed by atoms with Crippen LogP contribution in [-0.4, -0.2) is 29.5 Å². The number of aromatic nitrogens is 6. The van der Waals surface area contributed by atoms with Crippen molar-refractivity contribution >= 4 is 51.1 Å². The average Bonchev–Trinajstić information content (AvgIpc) is 3.29. The first-order valence-electron chi connectivity index (χ1n) is 10.0. The third-order valence-corrected chi connectivity index (χ3v) is 5.81. The highest BCUT2D eigenvalue weighted by atomic mass is 35.5. The van der Waals surface area contributed by atoms with E-state index in [1.807, 2.05) is 6.92 Å². The number of nitrogens with zero attached hydrogens (tertiary/aromatic N) is 5. The lowest BCUT2D eigenvalue weighted by molar-refractivity contribution is 0.628. The predicted molar refractivity (Wildman–Crippen MR) is 126 cm³/mol. The Morgan fingerprint density at radius 1 is 1.15 bits per heavy atom. The lowest BCUT2D eigenvalue weighted by Gasteiger charge is -2.22. The van der Waals surface area contributed by atoms with Gasteiger partial charge in [0.2, 0.25) is 0 Å². The molecule has 3 heterocycles. The number of nitrogens with one attached hydrogen (secondary N) is 2. The number of anilines is 1. The molecule has 0 aliphatic carbocycles. The molecule has 33 heavy (non-hydrogen) atoms. The minimum absolute atomic E-state index is 0.127. The molecule has 0 amide bonds. The summed E-state index contributed by atoms with van der Waals surface area (Å²) in [6, 6.07) is 8.23. The molecule has 0 aliphatic rings. The van der Waals surface area contributed by atoms with E-state index in [1.54, 1.807) is 18.2 Å². The van der Waals surface area contributed by atoms with E-state index in [0.717, 1.165) is 6.07 Å². The topological polar surface area (TPSA) is 101 Å². The first-order valence-corrected chi connectivity index (χ1v) is 10.8. The Morgan fingerprint density at radius 3 is 2.82 bits per heavy atom. The number of aromatic amines is 1. The van der Waals surface area contributed by atoms with Crippen molar-refractivity contribution in [3.8, 4) is 5.69 Å². The second-order valence-corrected chi connectivity index (χ2v) is 8.14. The van der Waals surface area contributed by atoms with Crippen LogP contribution in [0.25, 0.3) is 27.8 Å². The highest BCUT2D eigenvalue weighted by molar-refractivity contribution is 6.34. The van der Waals surface area contributed by atoms with E-state index in [9.17, 15) is 9.18 Å². The number of hydrogen-bond donors (Lipinski definition) is 2. The molecule has 0 aliphatic heterocycles. The van der Waals surface area contributed by atoms with Crippen molar-refractivity contribution in [3.05, 3.63) is 81.1 Å². The number of imidazole rings is 1. The fraction of sp³-hybridized carbons (Fsp3) is 0.136. The van der Waals surface area contributed by atoms with Crippen LogP contribution in [0.1, 0.15) is 25.2 Å². The second kappa shape index (κ2) is 8.42. The number of benzene rings is 2. The first kappa shape index (κ1) is 21.3. The van der Waals surface area contributed by atoms with Crippen LogP contribution in [-0.2, 0) is 0 Å². The third kappa shape index (κ3) is 3.79. The Kier molecular flexibility index (Phi) is 5.43. The SMILES string of the molecule is CC[C@H](Nc1ncnc2nc[nH]c12)c1nc2ccc(F)cc2c(=O)n1-c1cc(Cl)ccc1Cl. The molecule has 11 heteroatoms. The van der Waals surface area contributed by atoms with Crippen molar-refractivity contribution < 1.29 is 4.39 Å². The Morgan fingerprint density at radius 2 is 2.00 bits per heavy atom. The largest absolute Gasteiger partial charge is 0.358 e. The lowest BCUT2D eigenvalue weighted by Crippen LogP contribution is -2.28. The van der Waals surface area contributed by atoms with Gasteiger partial charge in [0.15, 0.2) is 11.5 Å². The van der Waals surface area contributed by atoms with Gasteiger partial charge in [-0.15, -0.1) is 0 Å². The smallest absolute Gasteiger partial charge is 0.266 e. The van der Waals surface area contributed by atoms with Crippen molar-refractivity contribution in [1.29, 1.82) is 0 Å². The molecule has 0 unspecified atom stereocenters. The normalized spacial score (nSPS) is 12.4. The summed E-state index contributed by atoms with van der Waals surface area (Å²) < 4.78 is 15.3. The minimum Gasteiger partial charge on any atom is -0.358 e. The van der Waals surface area contributed by atoms with Gasteiger partial charge in [-0.3, -0.25) is 9.36 Å². The highest BCUT2D eigenvalue weighted by Crippen LogP contribution is 2.29. The van der Waals surface area contributed by atoms with Gasteiger partial charge in [0.05, 0.1) is 34.0 Å². The van der Waals surface area contributed by atoms with Gasteiger partial charge in [0.25, 0.3) is 5.56 Å². The van der Waals surface area contributed by atoms with Gasteiger partial charge >= 0.3 is 0 Å². The van der Waals surface area contributed by atoms with Gasteiger partial charge in [-0.05, 0) is 42.8 Å². The van der Waals surface area contributed by atoms with E-state index >= 15 is 0 Å². The van der Waals surface area contributed by atoms with E-state index in [-0.39, 0.29) is 5.39 Å². The molecule has 0 saturated carbocycles. The molecule has 2 N–H and O–H groups in total. The zero-order valence-electron chi connectivity index (χ0n) is 17.2. The Labute approximate surface area is 196 Å². The maximum absolute atomic E-state index is 14.0. The van der Waals surface area contributed by atoms with Gasteiger partial charge in [-0.2, -0.15) is 0 Å². The van der Waals surface area contributed by atoms with Crippen molar-refractivity contribution in [2.45, 2.75) is 19.4 Å². The molecule has 8 nitrogen and oxygen atoms in total. The van der Waals surface area contributed by atoms with Crippen molar-refractivity contribution in [2.24, 2.45) is 0 Å². The second-order valence-electron chi connectivity index (χ2n) is 7.30. The molecule has 0 radical (unpaired) electrons. The lowest BCUT2D eigenvalue weighted by atomic mass is 10.1. The maximum Gasteiger partial charge on any atom is 0.266 e. The van der Waals surface area contributed by atoms with Gasteiger partial charge < -0.3 is 10.3 Å². The number of H-pyrrole nitrogens is 1. The van der Waals surface area contributed by atoms with Crippen molar-refractivity contribution in [3.63, 3.8) is 0 Å². The Bertz CT molecular complexity index is 1570. The van der Waals surface area contributed by atoms with E-state index in [1.165, 1.54) is 29.4 Å². The van der Waals surface area contributed by atoms with Gasteiger partial charge in [0.1, 0.15) is 23.5 Å². The van der Waals surface area contributed by atoms with Crippen LogP contribution in [0.2, 0.25) is 10.0 Å². The predicted octanol–water partition coefficient (Wildman–Crippen LogP) is 5.06. The van der Waals surface area contributed by atoms with Crippen LogP contribution in [0, 0.1) is 5.82 Å². The van der Waals surface area contributed by atoms with Gasteiger partial charge in [0, 0.05) is 5.02 Å². The fourth-order valence-corrected chi connectivity index (χ4v) is 4.06. The standard InChI is InChI=1S/C22H16Cl2FN7O/c1-2-15(30-20-18-19(27-9-26-18)28-10-29-20)21-31-16-6-4-12(25)8-13(16)22(33)32(21)17-7-11(23)3-5-14(17)24/h3-10,15H,2H2,1H3,(H2,26,27,28,29,30)/t15-/m0/s1. The molecule has 166 valence electrons. The van der Waals surface area contributed by atoms with Crippen LogP contribution < -0.4 is 10.9 Å². The third-order valence-electron chi connectivity index (χ3n) is 5.26. The minimum atomic E-state index is -0.536. The number of rotatable bonds is 5. The summed E-state index contributed by atoms with van der Waals surface area (Å²) >= 11 is 12.7. The molecule has 5 rings (SSSR count).